The fourth-order valence-corrected chi connectivity index (χ4v) is 4.31. The molecule has 4 rings (SSSR count). The van der Waals surface area contributed by atoms with Crippen molar-refractivity contribution in [1.29, 1.82) is 0 Å². The summed E-state index contributed by atoms with van der Waals surface area (Å²) in [5, 5.41) is 13.5. The molecule has 0 unspecified atom stereocenters. The predicted molar refractivity (Wildman–Crippen MR) is 146 cm³/mol. The number of nitrogens with one attached hydrogen (secondary N) is 1. The summed E-state index contributed by atoms with van der Waals surface area (Å²) in [6.45, 7) is 4.32. The minimum Gasteiger partial charge on any atom is -0.494 e. The van der Waals surface area contributed by atoms with Gasteiger partial charge in [0.1, 0.15) is 5.75 Å². The van der Waals surface area contributed by atoms with E-state index in [-0.39, 0.29) is 11.7 Å². The fourth-order valence-electron chi connectivity index (χ4n) is 3.57. The molecule has 1 amide bonds. The molecule has 2 aromatic carbocycles. The number of nitrogens with zero attached hydrogens (tertiary/aromatic N) is 5. The Morgan fingerprint density at radius 3 is 2.53 bits per heavy atom. The summed E-state index contributed by atoms with van der Waals surface area (Å²) in [6.07, 6.45) is 3.42. The molecule has 0 spiro atoms. The number of methoxy groups -OCH3 is 2. The van der Waals surface area contributed by atoms with Crippen molar-refractivity contribution in [3.8, 4) is 34.3 Å². The molecule has 196 valence electrons. The molecule has 2 aromatic heterocycles. The summed E-state index contributed by atoms with van der Waals surface area (Å²) < 4.78 is 18.1. The highest BCUT2D eigenvalue weighted by Gasteiger charge is 2.18. The highest BCUT2D eigenvalue weighted by atomic mass is 32.2. The van der Waals surface area contributed by atoms with Crippen molar-refractivity contribution < 1.29 is 19.0 Å². The molecular weight excluding hydrogens is 504 g/mol. The Kier molecular flexibility index (Phi) is 8.94. The summed E-state index contributed by atoms with van der Waals surface area (Å²) in [5.41, 5.74) is 5.67. The third-order valence-corrected chi connectivity index (χ3v) is 6.37. The maximum atomic E-state index is 12.6. The Morgan fingerprint density at radius 1 is 1.05 bits per heavy atom. The van der Waals surface area contributed by atoms with Crippen LogP contribution in [-0.2, 0) is 4.79 Å². The number of ether oxygens (including phenoxy) is 3. The zero-order chi connectivity index (χ0) is 26.9. The number of carbonyl (C=O) groups excluding carboxylic acids is 1. The lowest BCUT2D eigenvalue weighted by molar-refractivity contribution is -0.118. The molecule has 0 aliphatic heterocycles. The normalized spacial score (nSPS) is 11.2. The molecule has 0 bridgehead atoms. The van der Waals surface area contributed by atoms with E-state index >= 15 is 0 Å². The minimum atomic E-state index is -0.279. The molecule has 11 heteroatoms. The van der Waals surface area contributed by atoms with Crippen LogP contribution in [0.2, 0.25) is 0 Å². The van der Waals surface area contributed by atoms with Gasteiger partial charge in [-0.1, -0.05) is 11.8 Å². The molecule has 1 N–H and O–H groups in total. The van der Waals surface area contributed by atoms with Gasteiger partial charge in [-0.25, -0.2) is 5.43 Å². The second-order valence-electron chi connectivity index (χ2n) is 7.90. The maximum Gasteiger partial charge on any atom is 0.250 e. The van der Waals surface area contributed by atoms with Crippen molar-refractivity contribution in [2.24, 2.45) is 5.10 Å². The van der Waals surface area contributed by atoms with Crippen molar-refractivity contribution in [1.82, 2.24) is 25.2 Å². The number of hydrazone groups is 1. The van der Waals surface area contributed by atoms with E-state index in [1.165, 1.54) is 11.8 Å². The van der Waals surface area contributed by atoms with Gasteiger partial charge in [-0.15, -0.1) is 10.2 Å². The van der Waals surface area contributed by atoms with Crippen molar-refractivity contribution in [2.75, 3.05) is 26.6 Å². The van der Waals surface area contributed by atoms with Gasteiger partial charge in [-0.2, -0.15) is 5.10 Å². The monoisotopic (exact) mass is 532 g/mol. The third-order valence-electron chi connectivity index (χ3n) is 5.44. The van der Waals surface area contributed by atoms with Gasteiger partial charge in [0, 0.05) is 29.2 Å². The SMILES string of the molecule is CCOc1ccc(-n2c(SCC(=O)N/N=C(/C)c3ccc(OC)c(OC)c3)nnc2-c2cccnc2)cc1. The lowest BCUT2D eigenvalue weighted by Gasteiger charge is -2.11. The van der Waals surface area contributed by atoms with Crippen LogP contribution in [0.4, 0.5) is 0 Å². The molecule has 0 saturated carbocycles. The predicted octanol–water partition coefficient (Wildman–Crippen LogP) is 4.38. The van der Waals surface area contributed by atoms with Crippen LogP contribution in [0.25, 0.3) is 17.1 Å². The molecular formula is C27H28N6O4S. The first kappa shape index (κ1) is 26.7. The van der Waals surface area contributed by atoms with Gasteiger partial charge in [0.05, 0.1) is 32.3 Å². The molecule has 0 saturated heterocycles. The maximum absolute atomic E-state index is 12.6. The average molecular weight is 533 g/mol. The Hall–Kier alpha value is -4.38. The molecule has 10 nitrogen and oxygen atoms in total. The van der Waals surface area contributed by atoms with Gasteiger partial charge < -0.3 is 14.2 Å². The first-order chi connectivity index (χ1) is 18.5. The van der Waals surface area contributed by atoms with Crippen LogP contribution in [-0.4, -0.2) is 57.9 Å². The van der Waals surface area contributed by atoms with E-state index in [0.29, 0.717) is 34.8 Å². The molecule has 2 heterocycles. The quantitative estimate of drug-likeness (QED) is 0.172. The highest BCUT2D eigenvalue weighted by Crippen LogP contribution is 2.29. The van der Waals surface area contributed by atoms with Crippen molar-refractivity contribution in [3.05, 3.63) is 72.6 Å². The van der Waals surface area contributed by atoms with Gasteiger partial charge in [-0.05, 0) is 68.4 Å². The van der Waals surface area contributed by atoms with E-state index < -0.39 is 0 Å². The molecule has 0 fully saturated rings. The van der Waals surface area contributed by atoms with E-state index in [4.69, 9.17) is 14.2 Å². The number of rotatable bonds is 11. The first-order valence-corrected chi connectivity index (χ1v) is 12.8. The summed E-state index contributed by atoms with van der Waals surface area (Å²) in [6, 6.07) is 16.8. The standard InChI is InChI=1S/C27H28N6O4S/c1-5-37-22-11-9-21(10-12-22)33-26(20-7-6-14-28-16-20)31-32-27(33)38-17-25(34)30-29-18(2)19-8-13-23(35-3)24(15-19)36-4/h6-16H,5,17H2,1-4H3,(H,30,34)/b29-18-. The Bertz CT molecular complexity index is 1410. The van der Waals surface area contributed by atoms with Gasteiger partial charge >= 0.3 is 0 Å². The number of benzene rings is 2. The number of thioether (sulfide) groups is 1. The number of amides is 1. The second kappa shape index (κ2) is 12.7. The summed E-state index contributed by atoms with van der Waals surface area (Å²) in [7, 11) is 3.14. The molecule has 4 aromatic rings. The summed E-state index contributed by atoms with van der Waals surface area (Å²) >= 11 is 1.26. The van der Waals surface area contributed by atoms with E-state index in [2.05, 4.69) is 25.7 Å². The highest BCUT2D eigenvalue weighted by molar-refractivity contribution is 7.99. The smallest absolute Gasteiger partial charge is 0.250 e. The Balaban J connectivity index is 1.50. The van der Waals surface area contributed by atoms with Crippen LogP contribution < -0.4 is 19.6 Å². The lowest BCUT2D eigenvalue weighted by atomic mass is 10.1. The van der Waals surface area contributed by atoms with E-state index in [0.717, 1.165) is 22.6 Å². The minimum absolute atomic E-state index is 0.0882. The van der Waals surface area contributed by atoms with Crippen LogP contribution in [0.3, 0.4) is 0 Å². The van der Waals surface area contributed by atoms with Gasteiger partial charge in [0.15, 0.2) is 22.5 Å². The zero-order valence-corrected chi connectivity index (χ0v) is 22.4. The first-order valence-electron chi connectivity index (χ1n) is 11.8. The number of aromatic nitrogens is 4. The Labute approximate surface area is 225 Å². The van der Waals surface area contributed by atoms with Crippen molar-refractivity contribution >= 4 is 23.4 Å². The van der Waals surface area contributed by atoms with Crippen molar-refractivity contribution in [3.63, 3.8) is 0 Å². The lowest BCUT2D eigenvalue weighted by Crippen LogP contribution is -2.21. The van der Waals surface area contributed by atoms with Crippen LogP contribution in [0, 0.1) is 0 Å². The van der Waals surface area contributed by atoms with Crippen LogP contribution >= 0.6 is 11.8 Å². The number of carbonyl (C=O) groups is 1. The van der Waals surface area contributed by atoms with Crippen LogP contribution in [0.5, 0.6) is 17.2 Å². The van der Waals surface area contributed by atoms with Gasteiger partial charge in [0.25, 0.3) is 5.91 Å². The number of hydrogen-bond acceptors (Lipinski definition) is 9. The van der Waals surface area contributed by atoms with E-state index in [9.17, 15) is 4.79 Å². The van der Waals surface area contributed by atoms with Gasteiger partial charge in [-0.3, -0.25) is 14.3 Å². The fraction of sp³-hybridized carbons (Fsp3) is 0.222. The third kappa shape index (κ3) is 6.30. The number of pyridine rings is 1. The molecule has 0 aliphatic rings. The van der Waals surface area contributed by atoms with Gasteiger partial charge in [0.2, 0.25) is 0 Å². The second-order valence-corrected chi connectivity index (χ2v) is 8.84. The zero-order valence-electron chi connectivity index (χ0n) is 21.5. The van der Waals surface area contributed by atoms with Crippen LogP contribution in [0.1, 0.15) is 19.4 Å². The average Bonchev–Trinajstić information content (AvgIpc) is 3.39. The van der Waals surface area contributed by atoms with E-state index in [1.54, 1.807) is 45.7 Å². The Morgan fingerprint density at radius 2 is 1.84 bits per heavy atom. The van der Waals surface area contributed by atoms with Crippen molar-refractivity contribution in [2.45, 2.75) is 19.0 Å². The summed E-state index contributed by atoms with van der Waals surface area (Å²) in [4.78, 5) is 16.9. The number of hydrogen-bond donors (Lipinski definition) is 1. The topological polar surface area (TPSA) is 113 Å². The largest absolute Gasteiger partial charge is 0.494 e. The molecule has 38 heavy (non-hydrogen) atoms. The summed E-state index contributed by atoms with van der Waals surface area (Å²) in [5.74, 6) is 2.39. The molecule has 0 aliphatic carbocycles. The molecule has 0 atom stereocenters. The molecule has 0 radical (unpaired) electrons. The van der Waals surface area contributed by atoms with Crippen LogP contribution in [0.15, 0.2) is 77.2 Å². The van der Waals surface area contributed by atoms with E-state index in [1.807, 2.05) is 54.0 Å².